The lowest BCUT2D eigenvalue weighted by Gasteiger charge is -2.10. The van der Waals surface area contributed by atoms with Gasteiger partial charge in [0.25, 0.3) is 0 Å². The van der Waals surface area contributed by atoms with Crippen LogP contribution in [0.5, 0.6) is 0 Å². The van der Waals surface area contributed by atoms with E-state index in [2.05, 4.69) is 0 Å². The molecule has 2 rings (SSSR count). The minimum Gasteiger partial charge on any atom is -0.289 e. The van der Waals surface area contributed by atoms with Crippen LogP contribution in [-0.4, -0.2) is 5.78 Å². The van der Waals surface area contributed by atoms with Crippen molar-refractivity contribution in [3.8, 4) is 0 Å². The number of halogens is 2. The van der Waals surface area contributed by atoms with Crippen molar-refractivity contribution < 1.29 is 9.18 Å². The van der Waals surface area contributed by atoms with Crippen LogP contribution in [0.4, 0.5) is 4.39 Å². The van der Waals surface area contributed by atoms with E-state index >= 15 is 0 Å². The van der Waals surface area contributed by atoms with Crippen LogP contribution in [0.1, 0.15) is 32.6 Å². The molecule has 0 amide bonds. The van der Waals surface area contributed by atoms with Crippen LogP contribution < -0.4 is 0 Å². The average Bonchev–Trinajstić information content (AvgIpc) is 2.25. The van der Waals surface area contributed by atoms with E-state index in [1.165, 1.54) is 12.1 Å². The first-order chi connectivity index (χ1) is 8.88. The van der Waals surface area contributed by atoms with Gasteiger partial charge in [0.15, 0.2) is 5.78 Å². The topological polar surface area (TPSA) is 17.1 Å². The predicted octanol–water partition coefficient (Wildman–Crippen LogP) is 4.64. The van der Waals surface area contributed by atoms with E-state index in [-0.39, 0.29) is 11.6 Å². The maximum Gasteiger partial charge on any atom is 0.193 e. The van der Waals surface area contributed by atoms with Crippen LogP contribution in [0, 0.1) is 26.6 Å². The Kier molecular flexibility index (Phi) is 3.72. The van der Waals surface area contributed by atoms with Crippen LogP contribution in [0.25, 0.3) is 0 Å². The summed E-state index contributed by atoms with van der Waals surface area (Å²) in [6.45, 7) is 5.36. The Morgan fingerprint density at radius 2 is 1.58 bits per heavy atom. The third-order valence-electron chi connectivity index (χ3n) is 3.03. The highest BCUT2D eigenvalue weighted by atomic mass is 35.5. The second kappa shape index (κ2) is 5.14. The monoisotopic (exact) mass is 276 g/mol. The second-order valence-corrected chi connectivity index (χ2v) is 5.20. The summed E-state index contributed by atoms with van der Waals surface area (Å²) in [5, 5.41) is 0.528. The van der Waals surface area contributed by atoms with Crippen LogP contribution in [0.15, 0.2) is 30.3 Å². The molecule has 19 heavy (non-hydrogen) atoms. The fourth-order valence-electron chi connectivity index (χ4n) is 2.28. The van der Waals surface area contributed by atoms with Gasteiger partial charge in [-0.2, -0.15) is 0 Å². The molecule has 0 saturated carbocycles. The van der Waals surface area contributed by atoms with Gasteiger partial charge in [0.2, 0.25) is 0 Å². The minimum atomic E-state index is -0.325. The van der Waals surface area contributed by atoms with Crippen molar-refractivity contribution in [1.29, 1.82) is 0 Å². The molecule has 0 saturated heterocycles. The molecule has 98 valence electrons. The van der Waals surface area contributed by atoms with Gasteiger partial charge in [-0.15, -0.1) is 0 Å². The van der Waals surface area contributed by atoms with Crippen LogP contribution in [0.2, 0.25) is 5.02 Å². The highest BCUT2D eigenvalue weighted by Gasteiger charge is 2.16. The van der Waals surface area contributed by atoms with Gasteiger partial charge in [-0.3, -0.25) is 4.79 Å². The Bertz CT molecular complexity index is 619. The lowest BCUT2D eigenvalue weighted by Crippen LogP contribution is -2.07. The maximum absolute atomic E-state index is 13.3. The zero-order valence-corrected chi connectivity index (χ0v) is 11.8. The van der Waals surface area contributed by atoms with E-state index < -0.39 is 0 Å². The zero-order chi connectivity index (χ0) is 14.2. The van der Waals surface area contributed by atoms with E-state index in [1.54, 1.807) is 32.0 Å². The van der Waals surface area contributed by atoms with E-state index in [1.807, 2.05) is 6.92 Å². The van der Waals surface area contributed by atoms with Gasteiger partial charge in [-0.1, -0.05) is 11.6 Å². The molecule has 0 bridgehead atoms. The molecule has 0 radical (unpaired) electrons. The SMILES string of the molecule is Cc1cc(Cl)cc(C(=O)c2c(C)cc(F)cc2C)c1. The minimum absolute atomic E-state index is 0.124. The summed E-state index contributed by atoms with van der Waals surface area (Å²) in [6, 6.07) is 7.97. The number of carbonyl (C=O) groups excluding carboxylic acids is 1. The number of carbonyl (C=O) groups is 1. The molecule has 0 aliphatic rings. The highest BCUT2D eigenvalue weighted by Crippen LogP contribution is 2.22. The van der Waals surface area contributed by atoms with Gasteiger partial charge >= 0.3 is 0 Å². The Hall–Kier alpha value is -1.67. The van der Waals surface area contributed by atoms with E-state index in [0.29, 0.717) is 27.3 Å². The fourth-order valence-corrected chi connectivity index (χ4v) is 2.57. The molecule has 0 heterocycles. The van der Waals surface area contributed by atoms with Gasteiger partial charge in [0.1, 0.15) is 5.82 Å². The van der Waals surface area contributed by atoms with Crippen molar-refractivity contribution in [2.45, 2.75) is 20.8 Å². The van der Waals surface area contributed by atoms with Crippen molar-refractivity contribution in [3.63, 3.8) is 0 Å². The molecule has 0 aliphatic carbocycles. The molecule has 3 heteroatoms. The lowest BCUT2D eigenvalue weighted by atomic mass is 9.94. The Morgan fingerprint density at radius 1 is 1.00 bits per heavy atom. The second-order valence-electron chi connectivity index (χ2n) is 4.76. The first kappa shape index (κ1) is 13.8. The molecular weight excluding hydrogens is 263 g/mol. The third-order valence-corrected chi connectivity index (χ3v) is 3.25. The summed E-state index contributed by atoms with van der Waals surface area (Å²) in [4.78, 5) is 12.5. The maximum atomic E-state index is 13.3. The summed E-state index contributed by atoms with van der Waals surface area (Å²) < 4.78 is 13.3. The van der Waals surface area contributed by atoms with Gasteiger partial charge in [0.05, 0.1) is 0 Å². The molecule has 0 aliphatic heterocycles. The summed E-state index contributed by atoms with van der Waals surface area (Å²) in [6.07, 6.45) is 0. The van der Waals surface area contributed by atoms with Crippen molar-refractivity contribution in [2.75, 3.05) is 0 Å². The smallest absolute Gasteiger partial charge is 0.193 e. The number of rotatable bonds is 2. The number of hydrogen-bond donors (Lipinski definition) is 0. The summed E-state index contributed by atoms with van der Waals surface area (Å²) >= 11 is 5.97. The average molecular weight is 277 g/mol. The Labute approximate surface area is 117 Å². The molecule has 0 unspecified atom stereocenters. The Balaban J connectivity index is 2.56. The van der Waals surface area contributed by atoms with Crippen molar-refractivity contribution in [3.05, 3.63) is 69.0 Å². The summed E-state index contributed by atoms with van der Waals surface area (Å²) in [5.74, 6) is -0.450. The normalized spacial score (nSPS) is 10.6. The third kappa shape index (κ3) is 2.85. The number of hydrogen-bond acceptors (Lipinski definition) is 1. The molecular formula is C16H14ClFO. The van der Waals surface area contributed by atoms with Gasteiger partial charge in [-0.25, -0.2) is 4.39 Å². The van der Waals surface area contributed by atoms with Crippen LogP contribution in [0.3, 0.4) is 0 Å². The lowest BCUT2D eigenvalue weighted by molar-refractivity contribution is 0.103. The molecule has 1 nitrogen and oxygen atoms in total. The van der Waals surface area contributed by atoms with Gasteiger partial charge < -0.3 is 0 Å². The van der Waals surface area contributed by atoms with Crippen molar-refractivity contribution in [1.82, 2.24) is 0 Å². The first-order valence-electron chi connectivity index (χ1n) is 5.97. The number of aryl methyl sites for hydroxylation is 3. The van der Waals surface area contributed by atoms with Gasteiger partial charge in [-0.05, 0) is 67.8 Å². The molecule has 2 aromatic rings. The summed E-state index contributed by atoms with van der Waals surface area (Å²) in [5.41, 5.74) is 3.28. The number of ketones is 1. The molecule has 0 N–H and O–H groups in total. The highest BCUT2D eigenvalue weighted by molar-refractivity contribution is 6.31. The van der Waals surface area contributed by atoms with Gasteiger partial charge in [0, 0.05) is 16.1 Å². The first-order valence-corrected chi connectivity index (χ1v) is 6.35. The Morgan fingerprint density at radius 3 is 2.11 bits per heavy atom. The molecule has 2 aromatic carbocycles. The largest absolute Gasteiger partial charge is 0.289 e. The van der Waals surface area contributed by atoms with E-state index in [9.17, 15) is 9.18 Å². The summed E-state index contributed by atoms with van der Waals surface area (Å²) in [7, 11) is 0. The molecule has 0 fully saturated rings. The zero-order valence-electron chi connectivity index (χ0n) is 11.1. The predicted molar refractivity (Wildman–Crippen MR) is 75.5 cm³/mol. The van der Waals surface area contributed by atoms with E-state index in [0.717, 1.165) is 5.56 Å². The standard InChI is InChI=1S/C16H14ClFO/c1-9-4-12(8-13(17)5-9)16(19)15-10(2)6-14(18)7-11(15)3/h4-8H,1-3H3. The molecule has 0 spiro atoms. The van der Waals surface area contributed by atoms with Crippen LogP contribution in [-0.2, 0) is 0 Å². The molecule has 0 aromatic heterocycles. The van der Waals surface area contributed by atoms with Crippen molar-refractivity contribution in [2.24, 2.45) is 0 Å². The van der Waals surface area contributed by atoms with Crippen LogP contribution >= 0.6 is 11.6 Å². The van der Waals surface area contributed by atoms with Crippen molar-refractivity contribution >= 4 is 17.4 Å². The van der Waals surface area contributed by atoms with E-state index in [4.69, 9.17) is 11.6 Å². The quantitative estimate of drug-likeness (QED) is 0.731. The number of benzene rings is 2. The molecule has 0 atom stereocenters. The fraction of sp³-hybridized carbons (Fsp3) is 0.188.